The molecule has 0 N–H and O–H groups in total. The van der Waals surface area contributed by atoms with Gasteiger partial charge in [-0.1, -0.05) is 133 Å². The lowest BCUT2D eigenvalue weighted by Crippen LogP contribution is -2.00. The van der Waals surface area contributed by atoms with Gasteiger partial charge in [0, 0.05) is 27.5 Å². The summed E-state index contributed by atoms with van der Waals surface area (Å²) in [5.41, 5.74) is 11.2. The summed E-state index contributed by atoms with van der Waals surface area (Å²) in [6, 6.07) is 60.7. The van der Waals surface area contributed by atoms with E-state index >= 15 is 0 Å². The second-order valence-electron chi connectivity index (χ2n) is 12.1. The molecular formula is C45H29N3O. The van der Waals surface area contributed by atoms with Gasteiger partial charge in [0.2, 0.25) is 0 Å². The van der Waals surface area contributed by atoms with Crippen molar-refractivity contribution in [1.82, 2.24) is 15.0 Å². The summed E-state index contributed by atoms with van der Waals surface area (Å²) in [5.74, 6) is 1.82. The molecule has 0 saturated heterocycles. The molecule has 9 rings (SSSR count). The van der Waals surface area contributed by atoms with Gasteiger partial charge in [0.05, 0.1) is 0 Å². The lowest BCUT2D eigenvalue weighted by molar-refractivity contribution is 0.669. The number of nitrogens with zero attached hydrogens (tertiary/aromatic N) is 3. The zero-order chi connectivity index (χ0) is 32.6. The van der Waals surface area contributed by atoms with Gasteiger partial charge >= 0.3 is 0 Å². The van der Waals surface area contributed by atoms with E-state index in [4.69, 9.17) is 19.4 Å². The van der Waals surface area contributed by atoms with E-state index in [0.717, 1.165) is 60.9 Å². The van der Waals surface area contributed by atoms with Crippen LogP contribution in [0.2, 0.25) is 0 Å². The Morgan fingerprint density at radius 2 is 0.694 bits per heavy atom. The normalized spacial score (nSPS) is 11.3. The molecule has 4 nitrogen and oxygen atoms in total. The largest absolute Gasteiger partial charge is 0.456 e. The van der Waals surface area contributed by atoms with Crippen molar-refractivity contribution in [2.45, 2.75) is 0 Å². The molecule has 0 aliphatic rings. The Kier molecular flexibility index (Phi) is 7.10. The molecule has 0 saturated carbocycles. The molecule has 0 bridgehead atoms. The van der Waals surface area contributed by atoms with Gasteiger partial charge in [0.25, 0.3) is 0 Å². The third-order valence-corrected chi connectivity index (χ3v) is 8.91. The highest BCUT2D eigenvalue weighted by molar-refractivity contribution is 6.05. The van der Waals surface area contributed by atoms with Crippen molar-refractivity contribution in [3.8, 4) is 67.5 Å². The molecule has 4 heteroatoms. The predicted octanol–water partition coefficient (Wildman–Crippen LogP) is 11.8. The van der Waals surface area contributed by atoms with Crippen molar-refractivity contribution in [2.75, 3.05) is 0 Å². The summed E-state index contributed by atoms with van der Waals surface area (Å²) in [7, 11) is 0. The van der Waals surface area contributed by atoms with Crippen molar-refractivity contribution in [1.29, 1.82) is 0 Å². The van der Waals surface area contributed by atoms with E-state index in [1.165, 1.54) is 11.1 Å². The minimum absolute atomic E-state index is 0.592. The number of fused-ring (bicyclic) bond motifs is 3. The molecule has 7 aromatic carbocycles. The number of furan rings is 1. The summed E-state index contributed by atoms with van der Waals surface area (Å²) in [6.07, 6.45) is 0. The van der Waals surface area contributed by atoms with E-state index in [9.17, 15) is 0 Å². The Bertz CT molecular complexity index is 2540. The van der Waals surface area contributed by atoms with Crippen LogP contribution < -0.4 is 0 Å². The van der Waals surface area contributed by atoms with Gasteiger partial charge in [-0.15, -0.1) is 0 Å². The fourth-order valence-electron chi connectivity index (χ4n) is 6.44. The van der Waals surface area contributed by atoms with E-state index in [0.29, 0.717) is 17.5 Å². The number of aromatic nitrogens is 3. The zero-order valence-electron chi connectivity index (χ0n) is 26.5. The van der Waals surface area contributed by atoms with Crippen LogP contribution in [0.5, 0.6) is 0 Å². The molecular weight excluding hydrogens is 599 g/mol. The van der Waals surface area contributed by atoms with Gasteiger partial charge < -0.3 is 4.42 Å². The predicted molar refractivity (Wildman–Crippen MR) is 200 cm³/mol. The molecule has 9 aromatic rings. The second-order valence-corrected chi connectivity index (χ2v) is 12.1. The highest BCUT2D eigenvalue weighted by atomic mass is 16.3. The summed E-state index contributed by atoms with van der Waals surface area (Å²) in [5, 5.41) is 2.16. The quantitative estimate of drug-likeness (QED) is 0.184. The average molecular weight is 628 g/mol. The lowest BCUT2D eigenvalue weighted by atomic mass is 9.93. The van der Waals surface area contributed by atoms with E-state index in [1.54, 1.807) is 0 Å². The first-order valence-electron chi connectivity index (χ1n) is 16.4. The molecule has 0 spiro atoms. The molecule has 230 valence electrons. The first kappa shape index (κ1) is 28.6. The first-order chi connectivity index (χ1) is 24.2. The van der Waals surface area contributed by atoms with Crippen molar-refractivity contribution in [3.05, 3.63) is 176 Å². The topological polar surface area (TPSA) is 51.8 Å². The fraction of sp³-hybridized carbons (Fsp3) is 0. The molecule has 49 heavy (non-hydrogen) atoms. The maximum atomic E-state index is 6.22. The van der Waals surface area contributed by atoms with Gasteiger partial charge in [-0.3, -0.25) is 0 Å². The number of para-hydroxylation sites is 1. The van der Waals surface area contributed by atoms with Crippen molar-refractivity contribution < 1.29 is 4.42 Å². The van der Waals surface area contributed by atoms with E-state index in [1.807, 2.05) is 54.6 Å². The minimum Gasteiger partial charge on any atom is -0.456 e. The summed E-state index contributed by atoms with van der Waals surface area (Å²) < 4.78 is 6.22. The maximum absolute atomic E-state index is 6.22. The molecule has 0 radical (unpaired) electrons. The average Bonchev–Trinajstić information content (AvgIpc) is 3.57. The zero-order valence-corrected chi connectivity index (χ0v) is 26.5. The third kappa shape index (κ3) is 5.56. The molecule has 0 amide bonds. The highest BCUT2D eigenvalue weighted by Crippen LogP contribution is 2.36. The van der Waals surface area contributed by atoms with E-state index in [2.05, 4.69) is 121 Å². The Morgan fingerprint density at radius 3 is 1.33 bits per heavy atom. The Balaban J connectivity index is 1.18. The number of hydrogen-bond donors (Lipinski definition) is 0. The number of hydrogen-bond acceptors (Lipinski definition) is 4. The maximum Gasteiger partial charge on any atom is 0.164 e. The van der Waals surface area contributed by atoms with Crippen LogP contribution in [-0.4, -0.2) is 15.0 Å². The van der Waals surface area contributed by atoms with Crippen LogP contribution >= 0.6 is 0 Å². The molecule has 2 aromatic heterocycles. The number of benzene rings is 7. The van der Waals surface area contributed by atoms with Gasteiger partial charge in [-0.25, -0.2) is 15.0 Å². The highest BCUT2D eigenvalue weighted by Gasteiger charge is 2.16. The fourth-order valence-corrected chi connectivity index (χ4v) is 6.44. The minimum atomic E-state index is 0.592. The Hall–Kier alpha value is -6.65. The first-order valence-corrected chi connectivity index (χ1v) is 16.4. The standard InChI is InChI=1S/C45H29N3O/c1-4-13-30(14-5-1)36-26-37(31-15-6-2-7-16-31)28-38(27-36)33-19-12-20-34(25-33)44-46-43(32-17-8-3-9-18-32)47-45(48-44)35-23-24-40-39-21-10-11-22-41(39)49-42(40)29-35/h1-29H. The van der Waals surface area contributed by atoms with Gasteiger partial charge in [0.15, 0.2) is 17.5 Å². The van der Waals surface area contributed by atoms with Crippen LogP contribution in [0.1, 0.15) is 0 Å². The van der Waals surface area contributed by atoms with Gasteiger partial charge in [0.1, 0.15) is 11.2 Å². The van der Waals surface area contributed by atoms with Crippen LogP contribution in [0.3, 0.4) is 0 Å². The van der Waals surface area contributed by atoms with Gasteiger partial charge in [-0.2, -0.15) is 0 Å². The van der Waals surface area contributed by atoms with Crippen molar-refractivity contribution in [2.24, 2.45) is 0 Å². The van der Waals surface area contributed by atoms with Crippen molar-refractivity contribution >= 4 is 21.9 Å². The monoisotopic (exact) mass is 627 g/mol. The van der Waals surface area contributed by atoms with E-state index in [-0.39, 0.29) is 0 Å². The Morgan fingerprint density at radius 1 is 0.265 bits per heavy atom. The van der Waals surface area contributed by atoms with Crippen LogP contribution in [0.15, 0.2) is 180 Å². The molecule has 0 aliphatic heterocycles. The Labute approximate surface area is 284 Å². The van der Waals surface area contributed by atoms with Gasteiger partial charge in [-0.05, 0) is 75.8 Å². The second kappa shape index (κ2) is 12.2. The van der Waals surface area contributed by atoms with Crippen LogP contribution in [0.25, 0.3) is 89.5 Å². The number of rotatable bonds is 6. The summed E-state index contributed by atoms with van der Waals surface area (Å²) in [4.78, 5) is 15.0. The lowest BCUT2D eigenvalue weighted by Gasteiger charge is -2.13. The molecule has 0 unspecified atom stereocenters. The van der Waals surface area contributed by atoms with Crippen LogP contribution in [0, 0.1) is 0 Å². The van der Waals surface area contributed by atoms with Crippen LogP contribution in [0.4, 0.5) is 0 Å². The third-order valence-electron chi connectivity index (χ3n) is 8.91. The smallest absolute Gasteiger partial charge is 0.164 e. The van der Waals surface area contributed by atoms with E-state index < -0.39 is 0 Å². The molecule has 2 heterocycles. The SMILES string of the molecule is c1ccc(-c2cc(-c3ccccc3)cc(-c3cccc(-c4nc(-c5ccccc5)nc(-c5ccc6c(c5)oc5ccccc56)n4)c3)c2)cc1. The summed E-state index contributed by atoms with van der Waals surface area (Å²) >= 11 is 0. The summed E-state index contributed by atoms with van der Waals surface area (Å²) in [6.45, 7) is 0. The molecule has 0 atom stereocenters. The van der Waals surface area contributed by atoms with Crippen molar-refractivity contribution in [3.63, 3.8) is 0 Å². The van der Waals surface area contributed by atoms with Crippen LogP contribution in [-0.2, 0) is 0 Å². The molecule has 0 aliphatic carbocycles. The molecule has 0 fully saturated rings.